The second-order valence-corrected chi connectivity index (χ2v) is 6.73. The molecule has 0 N–H and O–H groups in total. The summed E-state index contributed by atoms with van der Waals surface area (Å²) in [5.41, 5.74) is 3.67. The molecule has 3 rings (SSSR count). The van der Waals surface area contributed by atoms with Crippen LogP contribution in [0.25, 0.3) is 5.57 Å². The van der Waals surface area contributed by atoms with Crippen molar-refractivity contribution < 1.29 is 14.3 Å². The highest BCUT2D eigenvalue weighted by Gasteiger charge is 2.52. The minimum Gasteiger partial charge on any atom is -0.342 e. The van der Waals surface area contributed by atoms with E-state index in [2.05, 4.69) is 32.1 Å². The molecule has 1 spiro atoms. The highest BCUT2D eigenvalue weighted by Crippen LogP contribution is 2.51. The van der Waals surface area contributed by atoms with Crippen LogP contribution >= 0.6 is 0 Å². The van der Waals surface area contributed by atoms with Crippen molar-refractivity contribution in [3.8, 4) is 0 Å². The summed E-state index contributed by atoms with van der Waals surface area (Å²) in [5.74, 6) is -0.593. The average Bonchev–Trinajstić information content (AvgIpc) is 3.22. The quantitative estimate of drug-likeness (QED) is 0.616. The van der Waals surface area contributed by atoms with Crippen LogP contribution < -0.4 is 0 Å². The Labute approximate surface area is 131 Å². The first-order chi connectivity index (χ1) is 10.6. The van der Waals surface area contributed by atoms with Gasteiger partial charge in [-0.2, -0.15) is 0 Å². The van der Waals surface area contributed by atoms with Crippen LogP contribution in [0.3, 0.4) is 0 Å². The Morgan fingerprint density at radius 1 is 1.18 bits per heavy atom. The second-order valence-electron chi connectivity index (χ2n) is 6.73. The molecular weight excluding hydrogens is 276 g/mol. The number of aldehydes is 1. The first kappa shape index (κ1) is 15.2. The predicted molar refractivity (Wildman–Crippen MR) is 86.4 cm³/mol. The standard InChI is InChI=1S/C19H22O3/c1-18(2)13-21-19(22-14-18)12-17(19)16-10-6-5-9-15(16)8-4-3-7-11-20/h3,5-7,9-12H,4,8,13-14H2,1-2H3/b7-3-. The van der Waals surface area contributed by atoms with Gasteiger partial charge < -0.3 is 9.47 Å². The van der Waals surface area contributed by atoms with Crippen LogP contribution in [-0.4, -0.2) is 25.3 Å². The molecule has 2 aliphatic rings. The molecule has 0 saturated carbocycles. The van der Waals surface area contributed by atoms with Gasteiger partial charge in [0.25, 0.3) is 0 Å². The van der Waals surface area contributed by atoms with Crippen LogP contribution in [0.2, 0.25) is 0 Å². The third-order valence-corrected chi connectivity index (χ3v) is 4.08. The van der Waals surface area contributed by atoms with Crippen LogP contribution in [0.4, 0.5) is 0 Å². The van der Waals surface area contributed by atoms with Crippen LogP contribution in [0, 0.1) is 5.41 Å². The first-order valence-corrected chi connectivity index (χ1v) is 7.76. The number of ether oxygens (including phenoxy) is 2. The normalized spacial score (nSPS) is 21.8. The second kappa shape index (κ2) is 5.82. The van der Waals surface area contributed by atoms with Crippen LogP contribution in [-0.2, 0) is 20.7 Å². The van der Waals surface area contributed by atoms with Crippen LogP contribution in [0.15, 0.2) is 42.5 Å². The predicted octanol–water partition coefficient (Wildman–Crippen LogP) is 3.54. The largest absolute Gasteiger partial charge is 0.342 e. The topological polar surface area (TPSA) is 35.5 Å². The molecule has 0 aromatic heterocycles. The Morgan fingerprint density at radius 3 is 2.64 bits per heavy atom. The monoisotopic (exact) mass is 298 g/mol. The van der Waals surface area contributed by atoms with Crippen molar-refractivity contribution >= 4 is 11.9 Å². The molecular formula is C19H22O3. The van der Waals surface area contributed by atoms with Gasteiger partial charge in [-0.25, -0.2) is 0 Å². The lowest BCUT2D eigenvalue weighted by Gasteiger charge is -2.36. The number of carbonyl (C=O) groups excluding carboxylic acids is 1. The summed E-state index contributed by atoms with van der Waals surface area (Å²) < 4.78 is 12.0. The summed E-state index contributed by atoms with van der Waals surface area (Å²) in [4.78, 5) is 10.3. The molecule has 1 heterocycles. The highest BCUT2D eigenvalue weighted by atomic mass is 16.7. The highest BCUT2D eigenvalue weighted by molar-refractivity contribution is 5.87. The summed E-state index contributed by atoms with van der Waals surface area (Å²) in [6.45, 7) is 5.71. The number of hydrogen-bond donors (Lipinski definition) is 0. The van der Waals surface area contributed by atoms with Gasteiger partial charge in [0.05, 0.1) is 13.2 Å². The first-order valence-electron chi connectivity index (χ1n) is 7.76. The Bertz CT molecular complexity index is 615. The summed E-state index contributed by atoms with van der Waals surface area (Å²) in [6, 6.07) is 8.33. The lowest BCUT2D eigenvalue weighted by molar-refractivity contribution is -0.222. The zero-order chi connectivity index (χ0) is 15.6. The van der Waals surface area contributed by atoms with Crippen molar-refractivity contribution in [1.82, 2.24) is 0 Å². The van der Waals surface area contributed by atoms with E-state index in [0.29, 0.717) is 13.2 Å². The number of allylic oxidation sites excluding steroid dienone is 2. The maximum atomic E-state index is 10.3. The summed E-state index contributed by atoms with van der Waals surface area (Å²) >= 11 is 0. The van der Waals surface area contributed by atoms with Gasteiger partial charge in [-0.05, 0) is 36.1 Å². The fourth-order valence-electron chi connectivity index (χ4n) is 2.74. The van der Waals surface area contributed by atoms with Gasteiger partial charge in [-0.15, -0.1) is 0 Å². The number of rotatable bonds is 5. The lowest BCUT2D eigenvalue weighted by Crippen LogP contribution is -2.40. The maximum absolute atomic E-state index is 10.3. The van der Waals surface area contributed by atoms with E-state index in [1.54, 1.807) is 6.08 Å². The van der Waals surface area contributed by atoms with E-state index in [0.717, 1.165) is 24.7 Å². The molecule has 0 atom stereocenters. The zero-order valence-corrected chi connectivity index (χ0v) is 13.2. The maximum Gasteiger partial charge on any atom is 0.216 e. The number of benzene rings is 1. The molecule has 1 saturated heterocycles. The van der Waals surface area contributed by atoms with E-state index in [9.17, 15) is 4.79 Å². The van der Waals surface area contributed by atoms with Gasteiger partial charge in [0, 0.05) is 11.0 Å². The Kier molecular flexibility index (Phi) is 4.02. The number of hydrogen-bond acceptors (Lipinski definition) is 3. The van der Waals surface area contributed by atoms with Gasteiger partial charge in [-0.3, -0.25) is 4.79 Å². The smallest absolute Gasteiger partial charge is 0.216 e. The minimum absolute atomic E-state index is 0.0753. The number of carbonyl (C=O) groups is 1. The van der Waals surface area contributed by atoms with E-state index < -0.39 is 5.79 Å². The van der Waals surface area contributed by atoms with E-state index in [4.69, 9.17) is 9.47 Å². The molecule has 1 aliphatic heterocycles. The molecule has 0 radical (unpaired) electrons. The summed E-state index contributed by atoms with van der Waals surface area (Å²) in [6.07, 6.45) is 8.09. The Balaban J connectivity index is 1.70. The molecule has 0 bridgehead atoms. The van der Waals surface area contributed by atoms with Gasteiger partial charge in [0.15, 0.2) is 0 Å². The number of aryl methyl sites for hydroxylation is 1. The molecule has 1 fully saturated rings. The van der Waals surface area contributed by atoms with Crippen LogP contribution in [0.1, 0.15) is 31.4 Å². The minimum atomic E-state index is -0.593. The zero-order valence-electron chi connectivity index (χ0n) is 13.2. The van der Waals surface area contributed by atoms with Gasteiger partial charge >= 0.3 is 0 Å². The molecule has 116 valence electrons. The molecule has 1 aromatic carbocycles. The van der Waals surface area contributed by atoms with Gasteiger partial charge in [0.1, 0.15) is 6.29 Å². The Hall–Kier alpha value is -1.71. The van der Waals surface area contributed by atoms with Crippen molar-refractivity contribution in [3.05, 3.63) is 53.6 Å². The molecule has 3 heteroatoms. The van der Waals surface area contributed by atoms with Crippen molar-refractivity contribution in [1.29, 1.82) is 0 Å². The molecule has 0 amide bonds. The average molecular weight is 298 g/mol. The third-order valence-electron chi connectivity index (χ3n) is 4.08. The van der Waals surface area contributed by atoms with Crippen molar-refractivity contribution in [2.45, 2.75) is 32.5 Å². The van der Waals surface area contributed by atoms with Crippen molar-refractivity contribution in [3.63, 3.8) is 0 Å². The van der Waals surface area contributed by atoms with E-state index in [1.165, 1.54) is 11.1 Å². The van der Waals surface area contributed by atoms with Crippen molar-refractivity contribution in [2.75, 3.05) is 13.2 Å². The lowest BCUT2D eigenvalue weighted by atomic mass is 9.95. The molecule has 3 nitrogen and oxygen atoms in total. The molecule has 22 heavy (non-hydrogen) atoms. The summed E-state index contributed by atoms with van der Waals surface area (Å²) in [5, 5.41) is 0. The molecule has 1 aliphatic carbocycles. The van der Waals surface area contributed by atoms with Gasteiger partial charge in [0.2, 0.25) is 5.79 Å². The van der Waals surface area contributed by atoms with Crippen molar-refractivity contribution in [2.24, 2.45) is 5.41 Å². The van der Waals surface area contributed by atoms with E-state index in [-0.39, 0.29) is 5.41 Å². The van der Waals surface area contributed by atoms with E-state index in [1.807, 2.05) is 18.2 Å². The molecule has 1 aromatic rings. The third kappa shape index (κ3) is 3.06. The van der Waals surface area contributed by atoms with E-state index >= 15 is 0 Å². The fourth-order valence-corrected chi connectivity index (χ4v) is 2.74. The summed E-state index contributed by atoms with van der Waals surface area (Å²) in [7, 11) is 0. The fraction of sp³-hybridized carbons (Fsp3) is 0.421. The van der Waals surface area contributed by atoms with Gasteiger partial charge in [-0.1, -0.05) is 44.2 Å². The van der Waals surface area contributed by atoms with Crippen LogP contribution in [0.5, 0.6) is 0 Å². The Morgan fingerprint density at radius 2 is 1.91 bits per heavy atom. The SMILES string of the molecule is CC1(C)COC2(C=C2c2ccccc2CC/C=C\C=O)OC1. The molecule has 0 unspecified atom stereocenters.